The first kappa shape index (κ1) is 14.8. The Morgan fingerprint density at radius 3 is 2.72 bits per heavy atom. The fourth-order valence-corrected chi connectivity index (χ4v) is 2.02. The molecular weight excluding hydrogens is 234 g/mol. The molecule has 3 N–H and O–H groups in total. The quantitative estimate of drug-likeness (QED) is 0.338. The Hall–Kier alpha value is -1.30. The number of amides is 1. The maximum absolute atomic E-state index is 12.5. The Morgan fingerprint density at radius 2 is 2.22 bits per heavy atom. The van der Waals surface area contributed by atoms with Crippen LogP contribution in [0.2, 0.25) is 0 Å². The fraction of sp³-hybridized carbons (Fsp3) is 0.833. The minimum absolute atomic E-state index is 0.0137. The summed E-state index contributed by atoms with van der Waals surface area (Å²) in [7, 11) is 0. The summed E-state index contributed by atoms with van der Waals surface area (Å²) < 4.78 is 5.56. The van der Waals surface area contributed by atoms with Crippen LogP contribution in [0.1, 0.15) is 34.1 Å². The third-order valence-electron chi connectivity index (χ3n) is 3.48. The SMILES string of the molecule is CCC1COC(C)CN1C(=O)C(C)(C)C(N)=NO. The molecule has 1 heterocycles. The minimum Gasteiger partial charge on any atom is -0.409 e. The molecule has 2 unspecified atom stereocenters. The number of morpholine rings is 1. The third-order valence-corrected chi connectivity index (χ3v) is 3.48. The lowest BCUT2D eigenvalue weighted by atomic mass is 9.89. The van der Waals surface area contributed by atoms with Crippen molar-refractivity contribution < 1.29 is 14.7 Å². The van der Waals surface area contributed by atoms with Gasteiger partial charge in [-0.15, -0.1) is 0 Å². The lowest BCUT2D eigenvalue weighted by molar-refractivity contribution is -0.150. The predicted octanol–water partition coefficient (Wildman–Crippen LogP) is 0.785. The van der Waals surface area contributed by atoms with E-state index in [4.69, 9.17) is 15.7 Å². The molecule has 2 atom stereocenters. The van der Waals surface area contributed by atoms with Gasteiger partial charge >= 0.3 is 0 Å². The standard InChI is InChI=1S/C12H23N3O3/c1-5-9-7-18-8(2)6-15(9)11(16)12(3,4)10(13)14-17/h8-9,17H,5-7H2,1-4H3,(H2,13,14). The highest BCUT2D eigenvalue weighted by Crippen LogP contribution is 2.24. The van der Waals surface area contributed by atoms with E-state index in [1.807, 2.05) is 13.8 Å². The smallest absolute Gasteiger partial charge is 0.236 e. The van der Waals surface area contributed by atoms with E-state index < -0.39 is 5.41 Å². The summed E-state index contributed by atoms with van der Waals surface area (Å²) >= 11 is 0. The Bertz CT molecular complexity index is 341. The van der Waals surface area contributed by atoms with Crippen LogP contribution in [0.4, 0.5) is 0 Å². The zero-order valence-electron chi connectivity index (χ0n) is 11.5. The first-order chi connectivity index (χ1) is 8.34. The number of nitrogens with zero attached hydrogens (tertiary/aromatic N) is 2. The Balaban J connectivity index is 2.92. The molecule has 1 fully saturated rings. The van der Waals surface area contributed by atoms with E-state index in [0.717, 1.165) is 6.42 Å². The van der Waals surface area contributed by atoms with Gasteiger partial charge in [0.1, 0.15) is 5.41 Å². The van der Waals surface area contributed by atoms with Crippen molar-refractivity contribution in [3.63, 3.8) is 0 Å². The van der Waals surface area contributed by atoms with Crippen LogP contribution in [-0.2, 0) is 9.53 Å². The van der Waals surface area contributed by atoms with Gasteiger partial charge in [-0.1, -0.05) is 12.1 Å². The maximum Gasteiger partial charge on any atom is 0.236 e. The van der Waals surface area contributed by atoms with Gasteiger partial charge < -0.3 is 20.6 Å². The highest BCUT2D eigenvalue weighted by Gasteiger charge is 2.40. The van der Waals surface area contributed by atoms with Crippen LogP contribution in [0.15, 0.2) is 5.16 Å². The molecule has 0 spiro atoms. The molecule has 0 aliphatic carbocycles. The largest absolute Gasteiger partial charge is 0.409 e. The second-order valence-corrected chi connectivity index (χ2v) is 5.27. The van der Waals surface area contributed by atoms with Crippen LogP contribution in [0.25, 0.3) is 0 Å². The molecule has 1 saturated heterocycles. The zero-order valence-corrected chi connectivity index (χ0v) is 11.5. The lowest BCUT2D eigenvalue weighted by Gasteiger charge is -2.41. The topological polar surface area (TPSA) is 88.2 Å². The summed E-state index contributed by atoms with van der Waals surface area (Å²) in [6, 6.07) is 0.0551. The average Bonchev–Trinajstić information content (AvgIpc) is 2.36. The molecule has 1 aliphatic rings. The number of nitrogens with two attached hydrogens (primary N) is 1. The van der Waals surface area contributed by atoms with Gasteiger partial charge in [0.2, 0.25) is 5.91 Å². The van der Waals surface area contributed by atoms with E-state index in [-0.39, 0.29) is 23.9 Å². The van der Waals surface area contributed by atoms with Crippen molar-refractivity contribution in [3.8, 4) is 0 Å². The molecule has 18 heavy (non-hydrogen) atoms. The summed E-state index contributed by atoms with van der Waals surface area (Å²) in [6.07, 6.45) is 0.838. The molecule has 1 amide bonds. The fourth-order valence-electron chi connectivity index (χ4n) is 2.02. The van der Waals surface area contributed by atoms with Gasteiger partial charge in [-0.05, 0) is 27.2 Å². The van der Waals surface area contributed by atoms with Gasteiger partial charge in [0.15, 0.2) is 5.84 Å². The first-order valence-electron chi connectivity index (χ1n) is 6.25. The Morgan fingerprint density at radius 1 is 1.61 bits per heavy atom. The minimum atomic E-state index is -1.00. The van der Waals surface area contributed by atoms with Crippen molar-refractivity contribution in [3.05, 3.63) is 0 Å². The molecule has 6 heteroatoms. The summed E-state index contributed by atoms with van der Waals surface area (Å²) in [5.41, 5.74) is 4.60. The summed E-state index contributed by atoms with van der Waals surface area (Å²) in [4.78, 5) is 14.3. The molecule has 104 valence electrons. The normalized spacial score (nSPS) is 26.2. The second-order valence-electron chi connectivity index (χ2n) is 5.27. The summed E-state index contributed by atoms with van der Waals surface area (Å²) in [5.74, 6) is -0.193. The summed E-state index contributed by atoms with van der Waals surface area (Å²) in [5, 5.41) is 11.7. The van der Waals surface area contributed by atoms with Crippen molar-refractivity contribution in [2.75, 3.05) is 13.2 Å². The molecule has 1 rings (SSSR count). The van der Waals surface area contributed by atoms with Crippen LogP contribution in [0.3, 0.4) is 0 Å². The van der Waals surface area contributed by atoms with Crippen molar-refractivity contribution in [1.82, 2.24) is 4.90 Å². The molecule has 0 aromatic carbocycles. The van der Waals surface area contributed by atoms with Gasteiger partial charge in [0, 0.05) is 6.54 Å². The number of carbonyl (C=O) groups is 1. The van der Waals surface area contributed by atoms with Crippen LogP contribution < -0.4 is 5.73 Å². The average molecular weight is 257 g/mol. The molecule has 0 aromatic rings. The molecule has 0 saturated carbocycles. The van der Waals surface area contributed by atoms with Crippen LogP contribution >= 0.6 is 0 Å². The second kappa shape index (κ2) is 5.56. The lowest BCUT2D eigenvalue weighted by Crippen LogP contribution is -2.57. The van der Waals surface area contributed by atoms with Gasteiger partial charge in [-0.3, -0.25) is 4.79 Å². The third kappa shape index (κ3) is 2.75. The van der Waals surface area contributed by atoms with Crippen LogP contribution in [-0.4, -0.2) is 47.1 Å². The van der Waals surface area contributed by atoms with E-state index in [1.54, 1.807) is 18.7 Å². The van der Waals surface area contributed by atoms with Gasteiger partial charge in [0.25, 0.3) is 0 Å². The Labute approximate surface area is 108 Å². The van der Waals surface area contributed by atoms with Gasteiger partial charge in [-0.25, -0.2) is 0 Å². The van der Waals surface area contributed by atoms with Gasteiger partial charge in [-0.2, -0.15) is 0 Å². The van der Waals surface area contributed by atoms with Crippen molar-refractivity contribution in [2.24, 2.45) is 16.3 Å². The number of hydrogen-bond donors (Lipinski definition) is 2. The van der Waals surface area contributed by atoms with E-state index in [1.165, 1.54) is 0 Å². The monoisotopic (exact) mass is 257 g/mol. The molecule has 1 aliphatic heterocycles. The first-order valence-corrected chi connectivity index (χ1v) is 6.25. The molecular formula is C12H23N3O3. The number of rotatable bonds is 3. The molecule has 6 nitrogen and oxygen atoms in total. The van der Waals surface area contributed by atoms with Crippen molar-refractivity contribution >= 4 is 11.7 Å². The number of hydrogen-bond acceptors (Lipinski definition) is 4. The Kier molecular flexibility index (Phi) is 4.56. The van der Waals surface area contributed by atoms with Crippen LogP contribution in [0, 0.1) is 5.41 Å². The number of ether oxygens (including phenoxy) is 1. The highest BCUT2D eigenvalue weighted by atomic mass is 16.5. The maximum atomic E-state index is 12.5. The number of carbonyl (C=O) groups excluding carboxylic acids is 1. The van der Waals surface area contributed by atoms with Crippen LogP contribution in [0.5, 0.6) is 0 Å². The van der Waals surface area contributed by atoms with Gasteiger partial charge in [0.05, 0.1) is 18.8 Å². The van der Waals surface area contributed by atoms with Crippen molar-refractivity contribution in [2.45, 2.75) is 46.3 Å². The van der Waals surface area contributed by atoms with E-state index in [2.05, 4.69) is 5.16 Å². The number of amidine groups is 1. The zero-order chi connectivity index (χ0) is 13.9. The summed E-state index contributed by atoms with van der Waals surface area (Å²) in [6.45, 7) is 8.35. The van der Waals surface area contributed by atoms with Crippen molar-refractivity contribution in [1.29, 1.82) is 0 Å². The predicted molar refractivity (Wildman–Crippen MR) is 68.4 cm³/mol. The molecule has 0 aromatic heterocycles. The van der Waals surface area contributed by atoms with E-state index >= 15 is 0 Å². The highest BCUT2D eigenvalue weighted by molar-refractivity contribution is 6.06. The molecule has 0 radical (unpaired) electrons. The molecule has 0 bridgehead atoms. The van der Waals surface area contributed by atoms with E-state index in [9.17, 15) is 4.79 Å². The number of oxime groups is 1. The van der Waals surface area contributed by atoms with E-state index in [0.29, 0.717) is 13.2 Å².